The van der Waals surface area contributed by atoms with E-state index in [-0.39, 0.29) is 24.2 Å². The Balaban J connectivity index is 1.64. The van der Waals surface area contributed by atoms with Gasteiger partial charge in [-0.1, -0.05) is 18.2 Å². The first-order valence-electron chi connectivity index (χ1n) is 8.21. The summed E-state index contributed by atoms with van der Waals surface area (Å²) in [5, 5.41) is 14.4. The molecule has 2 heterocycles. The molecule has 1 fully saturated rings. The van der Waals surface area contributed by atoms with Crippen molar-refractivity contribution < 1.29 is 14.3 Å². The molecule has 24 heavy (non-hydrogen) atoms. The highest BCUT2D eigenvalue weighted by atomic mass is 19.1. The first kappa shape index (κ1) is 16.6. The van der Waals surface area contributed by atoms with Crippen LogP contribution in [0.1, 0.15) is 17.5 Å². The van der Waals surface area contributed by atoms with Gasteiger partial charge in [-0.25, -0.2) is 4.39 Å². The van der Waals surface area contributed by atoms with Crippen LogP contribution in [-0.2, 0) is 17.8 Å². The fraction of sp³-hybridized carbons (Fsp3) is 0.444. The number of piperidine rings is 1. The number of aryl methyl sites for hydroxylation is 1. The molecule has 0 aliphatic carbocycles. The minimum absolute atomic E-state index is 0.0245. The molecule has 0 saturated carbocycles. The zero-order valence-electron chi connectivity index (χ0n) is 13.7. The van der Waals surface area contributed by atoms with Gasteiger partial charge in [0.1, 0.15) is 12.4 Å². The van der Waals surface area contributed by atoms with Crippen molar-refractivity contribution in [2.24, 2.45) is 5.92 Å². The van der Waals surface area contributed by atoms with Crippen LogP contribution in [0, 0.1) is 18.7 Å². The summed E-state index contributed by atoms with van der Waals surface area (Å²) in [6.45, 7) is 3.08. The first-order chi connectivity index (χ1) is 11.5. The fourth-order valence-electron chi connectivity index (χ4n) is 3.19. The molecule has 128 valence electrons. The molecule has 1 aliphatic heterocycles. The zero-order chi connectivity index (χ0) is 17.1. The first-order valence-corrected chi connectivity index (χ1v) is 8.21. The topological polar surface area (TPSA) is 58.4 Å². The summed E-state index contributed by atoms with van der Waals surface area (Å²) in [5.74, 6) is -0.442. The van der Waals surface area contributed by atoms with E-state index < -0.39 is 6.10 Å². The number of rotatable bonds is 4. The molecule has 1 saturated heterocycles. The van der Waals surface area contributed by atoms with Crippen LogP contribution >= 0.6 is 0 Å². The lowest BCUT2D eigenvalue weighted by Gasteiger charge is -2.36. The van der Waals surface area contributed by atoms with Crippen LogP contribution in [0.2, 0.25) is 0 Å². The summed E-state index contributed by atoms with van der Waals surface area (Å²) in [6.07, 6.45) is 3.98. The van der Waals surface area contributed by atoms with Crippen molar-refractivity contribution in [2.45, 2.75) is 32.4 Å². The van der Waals surface area contributed by atoms with Crippen LogP contribution in [-0.4, -0.2) is 44.9 Å². The van der Waals surface area contributed by atoms with E-state index in [2.05, 4.69) is 5.10 Å². The highest BCUT2D eigenvalue weighted by Crippen LogP contribution is 2.23. The van der Waals surface area contributed by atoms with Gasteiger partial charge < -0.3 is 10.0 Å². The zero-order valence-corrected chi connectivity index (χ0v) is 13.7. The van der Waals surface area contributed by atoms with Gasteiger partial charge in [-0.15, -0.1) is 0 Å². The summed E-state index contributed by atoms with van der Waals surface area (Å²) in [4.78, 5) is 14.2. The molecule has 0 unspecified atom stereocenters. The van der Waals surface area contributed by atoms with E-state index in [1.165, 1.54) is 6.07 Å². The lowest BCUT2D eigenvalue weighted by molar-refractivity contribution is -0.135. The smallest absolute Gasteiger partial charge is 0.244 e. The molecule has 6 heteroatoms. The third-order valence-electron chi connectivity index (χ3n) is 4.55. The van der Waals surface area contributed by atoms with Crippen molar-refractivity contribution in [2.75, 3.05) is 13.1 Å². The van der Waals surface area contributed by atoms with Gasteiger partial charge in [0.2, 0.25) is 5.91 Å². The Hall–Kier alpha value is -2.21. The van der Waals surface area contributed by atoms with Crippen LogP contribution in [0.25, 0.3) is 0 Å². The maximum absolute atomic E-state index is 13.8. The minimum Gasteiger partial charge on any atom is -0.393 e. The van der Waals surface area contributed by atoms with Gasteiger partial charge in [-0.3, -0.25) is 9.48 Å². The van der Waals surface area contributed by atoms with E-state index in [0.29, 0.717) is 31.5 Å². The molecule has 1 aromatic heterocycles. The summed E-state index contributed by atoms with van der Waals surface area (Å²) in [7, 11) is 0. The highest BCUT2D eigenvalue weighted by Gasteiger charge is 2.30. The SMILES string of the molecule is Cc1cnn(CC(=O)N2CC[C@@H](O)[C@H](Cc3ccccc3F)C2)c1. The fourth-order valence-corrected chi connectivity index (χ4v) is 3.19. The lowest BCUT2D eigenvalue weighted by Crippen LogP contribution is -2.47. The predicted octanol–water partition coefficient (Wildman–Crippen LogP) is 1.78. The Bertz CT molecular complexity index is 716. The molecule has 3 rings (SSSR count). The normalized spacial score (nSPS) is 21.0. The van der Waals surface area contributed by atoms with E-state index in [9.17, 15) is 14.3 Å². The quantitative estimate of drug-likeness (QED) is 0.929. The predicted molar refractivity (Wildman–Crippen MR) is 87.8 cm³/mol. The van der Waals surface area contributed by atoms with Crippen molar-refractivity contribution in [3.63, 3.8) is 0 Å². The Labute approximate surface area is 140 Å². The number of aliphatic hydroxyl groups excluding tert-OH is 1. The minimum atomic E-state index is -0.513. The van der Waals surface area contributed by atoms with Gasteiger partial charge in [-0.2, -0.15) is 5.10 Å². The number of carbonyl (C=O) groups excluding carboxylic acids is 1. The summed E-state index contributed by atoms with van der Waals surface area (Å²) in [5.41, 5.74) is 1.59. The van der Waals surface area contributed by atoms with E-state index in [4.69, 9.17) is 0 Å². The average molecular weight is 331 g/mol. The number of benzene rings is 1. The summed E-state index contributed by atoms with van der Waals surface area (Å²) >= 11 is 0. The number of aliphatic hydroxyl groups is 1. The Morgan fingerprint density at radius 3 is 2.92 bits per heavy atom. The van der Waals surface area contributed by atoms with E-state index in [1.807, 2.05) is 13.1 Å². The third kappa shape index (κ3) is 3.82. The number of carbonyl (C=O) groups is 1. The molecule has 2 aromatic rings. The van der Waals surface area contributed by atoms with Gasteiger partial charge in [0.05, 0.1) is 12.3 Å². The van der Waals surface area contributed by atoms with E-state index in [1.54, 1.807) is 34.0 Å². The summed E-state index contributed by atoms with van der Waals surface area (Å²) < 4.78 is 15.5. The van der Waals surface area contributed by atoms with Crippen LogP contribution in [0.3, 0.4) is 0 Å². The molecular formula is C18H22FN3O2. The van der Waals surface area contributed by atoms with E-state index in [0.717, 1.165) is 5.56 Å². The van der Waals surface area contributed by atoms with Gasteiger partial charge in [-0.05, 0) is 37.0 Å². The second-order valence-electron chi connectivity index (χ2n) is 6.47. The molecular weight excluding hydrogens is 309 g/mol. The average Bonchev–Trinajstić information content (AvgIpc) is 2.96. The van der Waals surface area contributed by atoms with Crippen molar-refractivity contribution in [3.8, 4) is 0 Å². The number of likely N-dealkylation sites (tertiary alicyclic amines) is 1. The second-order valence-corrected chi connectivity index (χ2v) is 6.47. The largest absolute Gasteiger partial charge is 0.393 e. The molecule has 0 spiro atoms. The van der Waals surface area contributed by atoms with Crippen LogP contribution in [0.4, 0.5) is 4.39 Å². The molecule has 1 aromatic carbocycles. The number of amides is 1. The molecule has 2 atom stereocenters. The third-order valence-corrected chi connectivity index (χ3v) is 4.55. The molecule has 0 radical (unpaired) electrons. The number of halogens is 1. The molecule has 1 aliphatic rings. The van der Waals surface area contributed by atoms with Gasteiger partial charge in [0.25, 0.3) is 0 Å². The number of hydrogen-bond donors (Lipinski definition) is 1. The Morgan fingerprint density at radius 2 is 2.21 bits per heavy atom. The van der Waals surface area contributed by atoms with Crippen molar-refractivity contribution in [1.82, 2.24) is 14.7 Å². The van der Waals surface area contributed by atoms with Crippen LogP contribution in [0.5, 0.6) is 0 Å². The standard InChI is InChI=1S/C18H22FN3O2/c1-13-9-20-22(10-13)12-18(24)21-7-6-17(23)15(11-21)8-14-4-2-3-5-16(14)19/h2-5,9-10,15,17,23H,6-8,11-12H2,1H3/t15-,17-/m1/s1. The maximum atomic E-state index is 13.8. The Kier molecular flexibility index (Phi) is 4.94. The van der Waals surface area contributed by atoms with Gasteiger partial charge >= 0.3 is 0 Å². The van der Waals surface area contributed by atoms with Crippen molar-refractivity contribution in [3.05, 3.63) is 53.6 Å². The summed E-state index contributed by atoms with van der Waals surface area (Å²) in [6, 6.07) is 6.59. The van der Waals surface area contributed by atoms with Crippen LogP contribution < -0.4 is 0 Å². The molecule has 1 N–H and O–H groups in total. The molecule has 0 bridgehead atoms. The van der Waals surface area contributed by atoms with Crippen molar-refractivity contribution >= 4 is 5.91 Å². The van der Waals surface area contributed by atoms with Crippen LogP contribution in [0.15, 0.2) is 36.7 Å². The van der Waals surface area contributed by atoms with E-state index >= 15 is 0 Å². The second kappa shape index (κ2) is 7.13. The maximum Gasteiger partial charge on any atom is 0.244 e. The molecule has 1 amide bonds. The Morgan fingerprint density at radius 1 is 1.42 bits per heavy atom. The number of hydrogen-bond acceptors (Lipinski definition) is 3. The molecule has 5 nitrogen and oxygen atoms in total. The van der Waals surface area contributed by atoms with Crippen molar-refractivity contribution in [1.29, 1.82) is 0 Å². The lowest BCUT2D eigenvalue weighted by atomic mass is 9.88. The number of aromatic nitrogens is 2. The van der Waals surface area contributed by atoms with Gasteiger partial charge in [0.15, 0.2) is 0 Å². The number of nitrogens with zero attached hydrogens (tertiary/aromatic N) is 3. The monoisotopic (exact) mass is 331 g/mol. The van der Waals surface area contributed by atoms with Gasteiger partial charge in [0, 0.05) is 25.2 Å². The highest BCUT2D eigenvalue weighted by molar-refractivity contribution is 5.76.